The molecule has 0 aromatic heterocycles. The fraction of sp³-hybridized carbons (Fsp3) is 0.385. The molecule has 0 saturated carbocycles. The first-order chi connectivity index (χ1) is 9.81. The first kappa shape index (κ1) is 15.3. The highest BCUT2D eigenvalue weighted by molar-refractivity contribution is 5.95. The maximum absolute atomic E-state index is 12.9. The minimum Gasteiger partial charge on any atom is -0.392 e. The van der Waals surface area contributed by atoms with Gasteiger partial charge in [-0.2, -0.15) is 18.4 Å². The fourth-order valence-corrected chi connectivity index (χ4v) is 2.09. The Morgan fingerprint density at radius 3 is 2.71 bits per heavy atom. The van der Waals surface area contributed by atoms with Crippen LogP contribution in [-0.2, 0) is 11.0 Å². The molecular weight excluding hydrogens is 287 g/mol. The topological polar surface area (TPSA) is 85.2 Å². The van der Waals surface area contributed by atoms with Crippen molar-refractivity contribution in [2.75, 3.05) is 11.9 Å². The van der Waals surface area contributed by atoms with Crippen LogP contribution in [0.15, 0.2) is 18.2 Å². The summed E-state index contributed by atoms with van der Waals surface area (Å²) < 4.78 is 38.8. The van der Waals surface area contributed by atoms with Crippen molar-refractivity contribution in [3.8, 4) is 6.07 Å². The Hall–Kier alpha value is -2.11. The van der Waals surface area contributed by atoms with Gasteiger partial charge in [0.15, 0.2) is 0 Å². The molecule has 1 amide bonds. The average Bonchev–Trinajstić information content (AvgIpc) is 2.84. The Kier molecular flexibility index (Phi) is 4.16. The lowest BCUT2D eigenvalue weighted by atomic mass is 10.1. The number of hydrogen-bond donors (Lipinski definition) is 3. The summed E-state index contributed by atoms with van der Waals surface area (Å²) >= 11 is 0. The molecular formula is C13H12F3N3O2. The molecule has 0 bridgehead atoms. The van der Waals surface area contributed by atoms with Crippen LogP contribution in [0.1, 0.15) is 17.5 Å². The van der Waals surface area contributed by atoms with Crippen LogP contribution < -0.4 is 10.6 Å². The van der Waals surface area contributed by atoms with E-state index >= 15 is 0 Å². The Morgan fingerprint density at radius 2 is 2.19 bits per heavy atom. The van der Waals surface area contributed by atoms with Crippen LogP contribution in [-0.4, -0.2) is 29.7 Å². The van der Waals surface area contributed by atoms with E-state index in [1.807, 2.05) is 0 Å². The molecule has 1 aliphatic rings. The second-order valence-corrected chi connectivity index (χ2v) is 4.71. The largest absolute Gasteiger partial charge is 0.418 e. The van der Waals surface area contributed by atoms with Gasteiger partial charge in [-0.05, 0) is 24.6 Å². The molecule has 2 rings (SSSR count). The van der Waals surface area contributed by atoms with Crippen LogP contribution in [0, 0.1) is 11.3 Å². The number of aliphatic hydroxyl groups is 1. The van der Waals surface area contributed by atoms with E-state index in [2.05, 4.69) is 10.6 Å². The van der Waals surface area contributed by atoms with Crippen molar-refractivity contribution in [2.45, 2.75) is 24.7 Å². The molecule has 0 radical (unpaired) electrons. The standard InChI is InChI=1S/C13H12F3N3O2/c14-13(15,16)9-3-7(5-17)1-2-10(9)19-12(21)11-4-8(20)6-18-11/h1-3,8,11,18,20H,4,6H2,(H,19,21). The number of β-amino-alcohol motifs (C(OH)–C–C–N with tert-alkyl or cyclic N) is 1. The third kappa shape index (κ3) is 3.51. The van der Waals surface area contributed by atoms with Gasteiger partial charge in [0.05, 0.1) is 35.0 Å². The van der Waals surface area contributed by atoms with Crippen molar-refractivity contribution < 1.29 is 23.1 Å². The Balaban J connectivity index is 2.23. The smallest absolute Gasteiger partial charge is 0.392 e. The normalized spacial score (nSPS) is 21.9. The van der Waals surface area contributed by atoms with Gasteiger partial charge >= 0.3 is 6.18 Å². The second-order valence-electron chi connectivity index (χ2n) is 4.71. The molecule has 3 N–H and O–H groups in total. The second kappa shape index (κ2) is 5.71. The van der Waals surface area contributed by atoms with Crippen LogP contribution in [0.2, 0.25) is 0 Å². The van der Waals surface area contributed by atoms with Crippen molar-refractivity contribution in [1.29, 1.82) is 5.26 Å². The molecule has 2 atom stereocenters. The minimum absolute atomic E-state index is 0.142. The van der Waals surface area contributed by atoms with Gasteiger partial charge in [-0.15, -0.1) is 0 Å². The number of amides is 1. The zero-order valence-corrected chi connectivity index (χ0v) is 10.7. The summed E-state index contributed by atoms with van der Waals surface area (Å²) in [5.74, 6) is -0.651. The summed E-state index contributed by atoms with van der Waals surface area (Å²) in [6.07, 6.45) is -5.23. The third-order valence-electron chi connectivity index (χ3n) is 3.14. The van der Waals surface area contributed by atoms with Gasteiger partial charge in [-0.1, -0.05) is 0 Å². The molecule has 0 aliphatic carbocycles. The minimum atomic E-state index is -4.68. The van der Waals surface area contributed by atoms with E-state index in [4.69, 9.17) is 5.26 Å². The molecule has 1 aromatic carbocycles. The highest BCUT2D eigenvalue weighted by atomic mass is 19.4. The summed E-state index contributed by atoms with van der Waals surface area (Å²) in [4.78, 5) is 11.9. The van der Waals surface area contributed by atoms with Crippen LogP contribution in [0.3, 0.4) is 0 Å². The molecule has 1 heterocycles. The zero-order chi connectivity index (χ0) is 15.6. The van der Waals surface area contributed by atoms with E-state index in [1.54, 1.807) is 6.07 Å². The highest BCUT2D eigenvalue weighted by Gasteiger charge is 2.35. The number of nitriles is 1. The van der Waals surface area contributed by atoms with Crippen molar-refractivity contribution in [1.82, 2.24) is 5.32 Å². The monoisotopic (exact) mass is 299 g/mol. The number of nitrogens with zero attached hydrogens (tertiary/aromatic N) is 1. The predicted molar refractivity (Wildman–Crippen MR) is 67.2 cm³/mol. The van der Waals surface area contributed by atoms with Gasteiger partial charge < -0.3 is 15.7 Å². The van der Waals surface area contributed by atoms with Crippen LogP contribution in [0.25, 0.3) is 0 Å². The highest BCUT2D eigenvalue weighted by Crippen LogP contribution is 2.35. The molecule has 0 spiro atoms. The maximum atomic E-state index is 12.9. The van der Waals surface area contributed by atoms with Crippen molar-refractivity contribution >= 4 is 11.6 Å². The van der Waals surface area contributed by atoms with E-state index in [9.17, 15) is 23.1 Å². The third-order valence-corrected chi connectivity index (χ3v) is 3.14. The summed E-state index contributed by atoms with van der Waals surface area (Å²) in [7, 11) is 0. The van der Waals surface area contributed by atoms with Gasteiger partial charge in [-0.25, -0.2) is 0 Å². The lowest BCUT2D eigenvalue weighted by molar-refractivity contribution is -0.137. The summed E-state index contributed by atoms with van der Waals surface area (Å²) in [6, 6.07) is 3.81. The summed E-state index contributed by atoms with van der Waals surface area (Å²) in [5, 5.41) is 22.9. The molecule has 5 nitrogen and oxygen atoms in total. The molecule has 21 heavy (non-hydrogen) atoms. The Labute approximate surface area is 118 Å². The molecule has 1 aliphatic heterocycles. The predicted octanol–water partition coefficient (Wildman–Crippen LogP) is 1.24. The number of benzene rings is 1. The molecule has 1 aromatic rings. The Bertz CT molecular complexity index is 595. The van der Waals surface area contributed by atoms with Crippen LogP contribution in [0.4, 0.5) is 18.9 Å². The zero-order valence-electron chi connectivity index (χ0n) is 10.7. The lowest BCUT2D eigenvalue weighted by Gasteiger charge is -2.16. The van der Waals surface area contributed by atoms with Crippen molar-refractivity contribution in [2.24, 2.45) is 0 Å². The SMILES string of the molecule is N#Cc1ccc(NC(=O)C2CC(O)CN2)c(C(F)(F)F)c1. The quantitative estimate of drug-likeness (QED) is 0.767. The maximum Gasteiger partial charge on any atom is 0.418 e. The Morgan fingerprint density at radius 1 is 1.48 bits per heavy atom. The number of nitrogens with one attached hydrogen (secondary N) is 2. The van der Waals surface area contributed by atoms with Gasteiger partial charge in [0.25, 0.3) is 0 Å². The summed E-state index contributed by atoms with van der Waals surface area (Å²) in [6.45, 7) is 0.220. The van der Waals surface area contributed by atoms with Gasteiger partial charge in [-0.3, -0.25) is 4.79 Å². The van der Waals surface area contributed by atoms with Crippen molar-refractivity contribution in [3.05, 3.63) is 29.3 Å². The van der Waals surface area contributed by atoms with E-state index in [-0.39, 0.29) is 18.5 Å². The van der Waals surface area contributed by atoms with Gasteiger partial charge in [0.2, 0.25) is 5.91 Å². The van der Waals surface area contributed by atoms with Crippen LogP contribution >= 0.6 is 0 Å². The molecule has 112 valence electrons. The van der Waals surface area contributed by atoms with Gasteiger partial charge in [0, 0.05) is 6.54 Å². The molecule has 1 fully saturated rings. The lowest BCUT2D eigenvalue weighted by Crippen LogP contribution is -2.36. The van der Waals surface area contributed by atoms with E-state index in [0.717, 1.165) is 6.07 Å². The van der Waals surface area contributed by atoms with Crippen LogP contribution in [0.5, 0.6) is 0 Å². The molecule has 2 unspecified atom stereocenters. The molecule has 8 heteroatoms. The van der Waals surface area contributed by atoms with E-state index in [1.165, 1.54) is 6.07 Å². The first-order valence-electron chi connectivity index (χ1n) is 6.15. The first-order valence-corrected chi connectivity index (χ1v) is 6.15. The number of hydrogen-bond acceptors (Lipinski definition) is 4. The number of carbonyl (C=O) groups excluding carboxylic acids is 1. The number of halogens is 3. The molecule has 1 saturated heterocycles. The number of aliphatic hydroxyl groups excluding tert-OH is 1. The number of rotatable bonds is 2. The fourth-order valence-electron chi connectivity index (χ4n) is 2.09. The number of alkyl halides is 3. The van der Waals surface area contributed by atoms with E-state index < -0.39 is 35.5 Å². The van der Waals surface area contributed by atoms with E-state index in [0.29, 0.717) is 6.07 Å². The van der Waals surface area contributed by atoms with Gasteiger partial charge in [0.1, 0.15) is 0 Å². The number of carbonyl (C=O) groups is 1. The van der Waals surface area contributed by atoms with Crippen molar-refractivity contribution in [3.63, 3.8) is 0 Å². The summed E-state index contributed by atoms with van der Waals surface area (Å²) in [5.41, 5.74) is -1.63. The number of anilines is 1. The average molecular weight is 299 g/mol.